The molecule has 9 nitrogen and oxygen atoms in total. The molecular formula is C22H25F2N5O4. The molecular weight excluding hydrogens is 436 g/mol. The first-order valence-corrected chi connectivity index (χ1v) is 10.3. The molecule has 0 saturated heterocycles. The van der Waals surface area contributed by atoms with Crippen LogP contribution in [-0.2, 0) is 12.1 Å². The zero-order valence-electron chi connectivity index (χ0n) is 18.1. The Kier molecular flexibility index (Phi) is 8.01. The minimum absolute atomic E-state index is 0.0275. The fourth-order valence-corrected chi connectivity index (χ4v) is 3.56. The van der Waals surface area contributed by atoms with Crippen molar-refractivity contribution >= 4 is 5.69 Å². The maximum absolute atomic E-state index is 14.5. The van der Waals surface area contributed by atoms with Crippen LogP contribution in [0.2, 0.25) is 0 Å². The van der Waals surface area contributed by atoms with E-state index in [4.69, 9.17) is 4.74 Å². The first kappa shape index (κ1) is 24.2. The van der Waals surface area contributed by atoms with Gasteiger partial charge in [0.1, 0.15) is 35.6 Å². The lowest BCUT2D eigenvalue weighted by Crippen LogP contribution is -2.43. The van der Waals surface area contributed by atoms with Crippen molar-refractivity contribution in [1.29, 1.82) is 0 Å². The number of aromatic nitrogens is 3. The Morgan fingerprint density at radius 3 is 2.76 bits per heavy atom. The lowest BCUT2D eigenvalue weighted by atomic mass is 9.92. The van der Waals surface area contributed by atoms with Crippen LogP contribution in [0.15, 0.2) is 55.1 Å². The van der Waals surface area contributed by atoms with Crippen molar-refractivity contribution in [3.8, 4) is 5.75 Å². The average Bonchev–Trinajstić information content (AvgIpc) is 3.26. The van der Waals surface area contributed by atoms with Crippen molar-refractivity contribution in [3.05, 3.63) is 82.4 Å². The zero-order chi connectivity index (χ0) is 23.8. The van der Waals surface area contributed by atoms with E-state index >= 15 is 0 Å². The number of unbranched alkanes of at least 4 members (excludes halogenated alkanes) is 1. The van der Waals surface area contributed by atoms with E-state index in [9.17, 15) is 24.0 Å². The van der Waals surface area contributed by atoms with E-state index in [1.165, 1.54) is 35.5 Å². The van der Waals surface area contributed by atoms with Gasteiger partial charge in [-0.1, -0.05) is 12.1 Å². The summed E-state index contributed by atoms with van der Waals surface area (Å²) in [5.74, 6) is -1.14. The van der Waals surface area contributed by atoms with Crippen LogP contribution < -0.4 is 4.74 Å². The molecule has 1 unspecified atom stereocenters. The molecule has 3 rings (SSSR count). The molecule has 0 saturated carbocycles. The van der Waals surface area contributed by atoms with Crippen molar-refractivity contribution in [3.63, 3.8) is 0 Å². The molecule has 0 aliphatic rings. The Hall–Kier alpha value is -3.44. The van der Waals surface area contributed by atoms with Crippen LogP contribution in [0.1, 0.15) is 18.4 Å². The Morgan fingerprint density at radius 2 is 2.06 bits per heavy atom. The summed E-state index contributed by atoms with van der Waals surface area (Å²) in [5.41, 5.74) is -1.73. The third-order valence-electron chi connectivity index (χ3n) is 5.09. The van der Waals surface area contributed by atoms with Crippen LogP contribution in [0.4, 0.5) is 14.5 Å². The molecule has 1 atom stereocenters. The van der Waals surface area contributed by atoms with Gasteiger partial charge in [0, 0.05) is 24.2 Å². The van der Waals surface area contributed by atoms with Crippen LogP contribution in [0.5, 0.6) is 5.75 Å². The van der Waals surface area contributed by atoms with Crippen molar-refractivity contribution in [1.82, 2.24) is 19.7 Å². The molecule has 1 heterocycles. The van der Waals surface area contributed by atoms with Gasteiger partial charge in [-0.15, -0.1) is 0 Å². The normalized spacial score (nSPS) is 13.1. The highest BCUT2D eigenvalue weighted by atomic mass is 19.1. The van der Waals surface area contributed by atoms with Crippen molar-refractivity contribution < 1.29 is 23.5 Å². The van der Waals surface area contributed by atoms with Crippen LogP contribution in [0, 0.1) is 21.7 Å². The predicted molar refractivity (Wildman–Crippen MR) is 116 cm³/mol. The number of hydrogen-bond acceptors (Lipinski definition) is 7. The van der Waals surface area contributed by atoms with Crippen LogP contribution in [0.25, 0.3) is 0 Å². The maximum atomic E-state index is 14.5. The summed E-state index contributed by atoms with van der Waals surface area (Å²) < 4.78 is 34.9. The smallest absolute Gasteiger partial charge is 0.273 e. The van der Waals surface area contributed by atoms with E-state index in [1.54, 1.807) is 19.2 Å². The summed E-state index contributed by atoms with van der Waals surface area (Å²) >= 11 is 0. The second kappa shape index (κ2) is 10.9. The number of rotatable bonds is 12. The predicted octanol–water partition coefficient (Wildman–Crippen LogP) is 3.14. The van der Waals surface area contributed by atoms with Gasteiger partial charge < -0.3 is 14.7 Å². The molecule has 0 amide bonds. The lowest BCUT2D eigenvalue weighted by molar-refractivity contribution is -0.384. The van der Waals surface area contributed by atoms with E-state index in [2.05, 4.69) is 10.1 Å². The summed E-state index contributed by atoms with van der Waals surface area (Å²) in [6.07, 6.45) is 4.10. The molecule has 2 aromatic carbocycles. The number of nitro groups is 1. The average molecular weight is 461 g/mol. The van der Waals surface area contributed by atoms with Crippen molar-refractivity contribution in [2.45, 2.75) is 25.0 Å². The fraction of sp³-hybridized carbons (Fsp3) is 0.364. The van der Waals surface area contributed by atoms with E-state index in [0.717, 1.165) is 12.1 Å². The highest BCUT2D eigenvalue weighted by Gasteiger charge is 2.34. The summed E-state index contributed by atoms with van der Waals surface area (Å²) in [6.45, 7) is 0.947. The van der Waals surface area contributed by atoms with Gasteiger partial charge in [-0.2, -0.15) is 5.10 Å². The number of ether oxygens (including phenoxy) is 1. The van der Waals surface area contributed by atoms with Gasteiger partial charge in [0.2, 0.25) is 0 Å². The largest absolute Gasteiger partial charge is 0.493 e. The van der Waals surface area contributed by atoms with E-state index in [-0.39, 0.29) is 24.3 Å². The molecule has 0 fully saturated rings. The summed E-state index contributed by atoms with van der Waals surface area (Å²) in [5, 5.41) is 26.2. The van der Waals surface area contributed by atoms with Crippen molar-refractivity contribution in [2.75, 3.05) is 26.7 Å². The standard InChI is InChI=1S/C22H25F2N5O4/c1-27(9-2-3-10-33-19-6-4-5-18(12-19)29(31)32)13-22(30,14-28-16-25-15-26-28)20-8-7-17(23)11-21(20)24/h4-8,11-12,15-16,30H,2-3,9-10,13-14H2,1H3. The Labute approximate surface area is 189 Å². The Morgan fingerprint density at radius 1 is 1.24 bits per heavy atom. The quantitative estimate of drug-likeness (QED) is 0.251. The number of likely N-dealkylation sites (N-methyl/N-ethyl adjacent to an activating group) is 1. The monoisotopic (exact) mass is 461 g/mol. The lowest BCUT2D eigenvalue weighted by Gasteiger charge is -2.33. The highest BCUT2D eigenvalue weighted by Crippen LogP contribution is 2.27. The van der Waals surface area contributed by atoms with Gasteiger partial charge in [-0.05, 0) is 38.6 Å². The molecule has 33 heavy (non-hydrogen) atoms. The Bertz CT molecular complexity index is 1070. The fourth-order valence-electron chi connectivity index (χ4n) is 3.56. The highest BCUT2D eigenvalue weighted by molar-refractivity contribution is 5.37. The minimum Gasteiger partial charge on any atom is -0.493 e. The SMILES string of the molecule is CN(CCCCOc1cccc([N+](=O)[O-])c1)CC(O)(Cn1cncn1)c1ccc(F)cc1F. The third kappa shape index (κ3) is 6.77. The van der Waals surface area contributed by atoms with Gasteiger partial charge in [-0.25, -0.2) is 18.4 Å². The molecule has 0 bridgehead atoms. The zero-order valence-corrected chi connectivity index (χ0v) is 18.1. The topological polar surface area (TPSA) is 107 Å². The number of non-ortho nitro benzene ring substituents is 1. The summed E-state index contributed by atoms with van der Waals surface area (Å²) in [6, 6.07) is 9.07. The molecule has 3 aromatic rings. The number of halogens is 2. The Balaban J connectivity index is 1.55. The summed E-state index contributed by atoms with van der Waals surface area (Å²) in [7, 11) is 1.79. The number of hydrogen-bond donors (Lipinski definition) is 1. The van der Waals surface area contributed by atoms with Crippen molar-refractivity contribution in [2.24, 2.45) is 0 Å². The second-order valence-electron chi connectivity index (χ2n) is 7.80. The van der Waals surface area contributed by atoms with Gasteiger partial charge in [-0.3, -0.25) is 10.1 Å². The molecule has 176 valence electrons. The van der Waals surface area contributed by atoms with Crippen LogP contribution in [0.3, 0.4) is 0 Å². The molecule has 11 heteroatoms. The molecule has 0 aliphatic heterocycles. The number of aliphatic hydroxyl groups is 1. The molecule has 0 radical (unpaired) electrons. The third-order valence-corrected chi connectivity index (χ3v) is 5.09. The number of nitrogens with zero attached hydrogens (tertiary/aromatic N) is 5. The molecule has 1 aromatic heterocycles. The van der Waals surface area contributed by atoms with Gasteiger partial charge >= 0.3 is 0 Å². The molecule has 1 N–H and O–H groups in total. The van der Waals surface area contributed by atoms with Gasteiger partial charge in [0.25, 0.3) is 5.69 Å². The van der Waals surface area contributed by atoms with Gasteiger partial charge in [0.05, 0.1) is 24.1 Å². The first-order valence-electron chi connectivity index (χ1n) is 10.3. The minimum atomic E-state index is -1.67. The second-order valence-corrected chi connectivity index (χ2v) is 7.80. The first-order chi connectivity index (χ1) is 15.8. The van der Waals surface area contributed by atoms with Crippen LogP contribution in [-0.4, -0.2) is 56.4 Å². The molecule has 0 aliphatic carbocycles. The van der Waals surface area contributed by atoms with E-state index < -0.39 is 22.2 Å². The van der Waals surface area contributed by atoms with E-state index in [0.29, 0.717) is 31.7 Å². The number of nitro benzene ring substituents is 1. The van der Waals surface area contributed by atoms with E-state index in [1.807, 2.05) is 4.90 Å². The molecule has 0 spiro atoms. The summed E-state index contributed by atoms with van der Waals surface area (Å²) in [4.78, 5) is 16.0. The van der Waals surface area contributed by atoms with Gasteiger partial charge in [0.15, 0.2) is 0 Å². The maximum Gasteiger partial charge on any atom is 0.273 e. The number of benzene rings is 2. The van der Waals surface area contributed by atoms with Crippen LogP contribution >= 0.6 is 0 Å².